The standard InChI is InChI=1S/C21H23N3OS/c1-15-4-7-18(8-5-15)13-23-20(25)14-26-21-22-10-11-24(21)19-9-6-16(2)17(3)12-19/h4-12H,13-14H2,1-3H3,(H,23,25). The molecule has 1 heterocycles. The van der Waals surface area contributed by atoms with Gasteiger partial charge in [-0.15, -0.1) is 0 Å². The van der Waals surface area contributed by atoms with Crippen LogP contribution in [0.2, 0.25) is 0 Å². The van der Waals surface area contributed by atoms with Crippen LogP contribution < -0.4 is 5.32 Å². The van der Waals surface area contributed by atoms with Crippen LogP contribution in [0.1, 0.15) is 22.3 Å². The SMILES string of the molecule is Cc1ccc(CNC(=O)CSc2nccn2-c2ccc(C)c(C)c2)cc1. The number of aryl methyl sites for hydroxylation is 3. The van der Waals surface area contributed by atoms with E-state index in [9.17, 15) is 4.79 Å². The Morgan fingerprint density at radius 2 is 1.85 bits per heavy atom. The maximum absolute atomic E-state index is 12.2. The highest BCUT2D eigenvalue weighted by Crippen LogP contribution is 2.22. The molecule has 0 aliphatic rings. The van der Waals surface area contributed by atoms with Crippen molar-refractivity contribution in [2.75, 3.05) is 5.75 Å². The smallest absolute Gasteiger partial charge is 0.230 e. The number of rotatable bonds is 6. The summed E-state index contributed by atoms with van der Waals surface area (Å²) in [6.07, 6.45) is 3.69. The first-order chi connectivity index (χ1) is 12.5. The van der Waals surface area contributed by atoms with Gasteiger partial charge in [-0.25, -0.2) is 4.98 Å². The number of nitrogens with one attached hydrogen (secondary N) is 1. The van der Waals surface area contributed by atoms with Crippen LogP contribution in [0, 0.1) is 20.8 Å². The summed E-state index contributed by atoms with van der Waals surface area (Å²) < 4.78 is 2.02. The number of aromatic nitrogens is 2. The number of carbonyl (C=O) groups is 1. The molecule has 0 aliphatic heterocycles. The summed E-state index contributed by atoms with van der Waals surface area (Å²) in [4.78, 5) is 16.5. The van der Waals surface area contributed by atoms with Crippen molar-refractivity contribution in [3.05, 3.63) is 77.1 Å². The number of hydrogen-bond donors (Lipinski definition) is 1. The van der Waals surface area contributed by atoms with Gasteiger partial charge in [0.2, 0.25) is 5.91 Å². The molecule has 0 unspecified atom stereocenters. The first-order valence-corrected chi connectivity index (χ1v) is 9.57. The van der Waals surface area contributed by atoms with Gasteiger partial charge in [-0.1, -0.05) is 47.7 Å². The predicted molar refractivity (Wildman–Crippen MR) is 107 cm³/mol. The van der Waals surface area contributed by atoms with Crippen molar-refractivity contribution in [3.8, 4) is 5.69 Å². The molecule has 0 spiro atoms. The van der Waals surface area contributed by atoms with Crippen molar-refractivity contribution in [1.82, 2.24) is 14.9 Å². The summed E-state index contributed by atoms with van der Waals surface area (Å²) in [5.41, 5.74) is 5.88. The molecule has 1 N–H and O–H groups in total. The van der Waals surface area contributed by atoms with Crippen LogP contribution in [0.4, 0.5) is 0 Å². The Hall–Kier alpha value is -2.53. The lowest BCUT2D eigenvalue weighted by Gasteiger charge is -2.10. The molecule has 0 saturated carbocycles. The van der Waals surface area contributed by atoms with E-state index in [0.717, 1.165) is 16.4 Å². The van der Waals surface area contributed by atoms with Crippen LogP contribution in [0.5, 0.6) is 0 Å². The molecule has 0 fully saturated rings. The second-order valence-electron chi connectivity index (χ2n) is 6.40. The Labute approximate surface area is 158 Å². The molecule has 0 bridgehead atoms. The highest BCUT2D eigenvalue weighted by Gasteiger charge is 2.09. The van der Waals surface area contributed by atoms with Gasteiger partial charge in [-0.05, 0) is 49.6 Å². The summed E-state index contributed by atoms with van der Waals surface area (Å²) in [7, 11) is 0. The van der Waals surface area contributed by atoms with E-state index >= 15 is 0 Å². The van der Waals surface area contributed by atoms with Gasteiger partial charge in [0, 0.05) is 24.6 Å². The molecule has 0 saturated heterocycles. The molecule has 5 heteroatoms. The van der Waals surface area contributed by atoms with E-state index in [1.165, 1.54) is 28.5 Å². The number of amides is 1. The average molecular weight is 366 g/mol. The van der Waals surface area contributed by atoms with Crippen LogP contribution in [-0.2, 0) is 11.3 Å². The Bertz CT molecular complexity index is 900. The topological polar surface area (TPSA) is 46.9 Å². The first-order valence-electron chi connectivity index (χ1n) is 8.59. The lowest BCUT2D eigenvalue weighted by Crippen LogP contribution is -2.24. The van der Waals surface area contributed by atoms with Crippen LogP contribution in [0.3, 0.4) is 0 Å². The summed E-state index contributed by atoms with van der Waals surface area (Å²) in [5.74, 6) is 0.346. The number of hydrogen-bond acceptors (Lipinski definition) is 3. The molecular formula is C21H23N3OS. The quantitative estimate of drug-likeness (QED) is 0.666. The number of benzene rings is 2. The van der Waals surface area contributed by atoms with E-state index in [1.54, 1.807) is 6.20 Å². The monoisotopic (exact) mass is 365 g/mol. The van der Waals surface area contributed by atoms with Gasteiger partial charge in [-0.3, -0.25) is 9.36 Å². The zero-order valence-corrected chi connectivity index (χ0v) is 16.1. The maximum Gasteiger partial charge on any atom is 0.230 e. The van der Waals surface area contributed by atoms with Crippen molar-refractivity contribution in [2.45, 2.75) is 32.5 Å². The minimum Gasteiger partial charge on any atom is -0.351 e. The van der Waals surface area contributed by atoms with E-state index in [0.29, 0.717) is 12.3 Å². The zero-order valence-electron chi connectivity index (χ0n) is 15.3. The fourth-order valence-electron chi connectivity index (χ4n) is 2.56. The van der Waals surface area contributed by atoms with Gasteiger partial charge < -0.3 is 5.32 Å². The Balaban J connectivity index is 1.58. The summed E-state index contributed by atoms with van der Waals surface area (Å²) in [6.45, 7) is 6.80. The van der Waals surface area contributed by atoms with E-state index in [-0.39, 0.29) is 5.91 Å². The molecule has 1 amide bonds. The third-order valence-electron chi connectivity index (χ3n) is 4.32. The molecule has 3 rings (SSSR count). The summed E-state index contributed by atoms with van der Waals surface area (Å²) >= 11 is 1.44. The second kappa shape index (κ2) is 8.23. The second-order valence-corrected chi connectivity index (χ2v) is 7.34. The van der Waals surface area contributed by atoms with Crippen molar-refractivity contribution < 1.29 is 4.79 Å². The van der Waals surface area contributed by atoms with Gasteiger partial charge >= 0.3 is 0 Å². The van der Waals surface area contributed by atoms with Crippen LogP contribution in [0.25, 0.3) is 5.69 Å². The largest absolute Gasteiger partial charge is 0.351 e. The number of carbonyl (C=O) groups excluding carboxylic acids is 1. The van der Waals surface area contributed by atoms with Gasteiger partial charge in [0.05, 0.1) is 5.75 Å². The van der Waals surface area contributed by atoms with Gasteiger partial charge in [0.1, 0.15) is 0 Å². The van der Waals surface area contributed by atoms with Gasteiger partial charge in [0.15, 0.2) is 5.16 Å². The van der Waals surface area contributed by atoms with E-state index < -0.39 is 0 Å². The van der Waals surface area contributed by atoms with E-state index in [1.807, 2.05) is 22.9 Å². The molecule has 3 aromatic rings. The third-order valence-corrected chi connectivity index (χ3v) is 5.28. The lowest BCUT2D eigenvalue weighted by molar-refractivity contribution is -0.118. The third kappa shape index (κ3) is 4.55. The van der Waals surface area contributed by atoms with Crippen molar-refractivity contribution in [2.24, 2.45) is 0 Å². The first kappa shape index (κ1) is 18.3. The molecule has 1 aromatic heterocycles. The predicted octanol–water partition coefficient (Wildman–Crippen LogP) is 4.21. The van der Waals surface area contributed by atoms with E-state index in [4.69, 9.17) is 0 Å². The lowest BCUT2D eigenvalue weighted by atomic mass is 10.1. The molecular weight excluding hydrogens is 342 g/mol. The highest BCUT2D eigenvalue weighted by molar-refractivity contribution is 7.99. The molecule has 0 radical (unpaired) electrons. The molecule has 0 atom stereocenters. The molecule has 26 heavy (non-hydrogen) atoms. The Morgan fingerprint density at radius 3 is 2.58 bits per heavy atom. The van der Waals surface area contributed by atoms with E-state index in [2.05, 4.69) is 61.4 Å². The number of imidazole rings is 1. The fraction of sp³-hybridized carbons (Fsp3) is 0.238. The highest BCUT2D eigenvalue weighted by atomic mass is 32.2. The summed E-state index contributed by atoms with van der Waals surface area (Å²) in [6, 6.07) is 14.5. The zero-order chi connectivity index (χ0) is 18.5. The summed E-state index contributed by atoms with van der Waals surface area (Å²) in [5, 5.41) is 3.78. The molecule has 4 nitrogen and oxygen atoms in total. The minimum absolute atomic E-state index is 0.00483. The molecule has 0 aliphatic carbocycles. The Morgan fingerprint density at radius 1 is 1.08 bits per heavy atom. The van der Waals surface area contributed by atoms with Crippen molar-refractivity contribution in [1.29, 1.82) is 0 Å². The van der Waals surface area contributed by atoms with Crippen molar-refractivity contribution in [3.63, 3.8) is 0 Å². The maximum atomic E-state index is 12.2. The van der Waals surface area contributed by atoms with Gasteiger partial charge in [-0.2, -0.15) is 0 Å². The fourth-order valence-corrected chi connectivity index (χ4v) is 3.36. The normalized spacial score (nSPS) is 10.7. The van der Waals surface area contributed by atoms with Crippen LogP contribution >= 0.6 is 11.8 Å². The minimum atomic E-state index is 0.00483. The van der Waals surface area contributed by atoms with Gasteiger partial charge in [0.25, 0.3) is 0 Å². The molecule has 134 valence electrons. The van der Waals surface area contributed by atoms with Crippen LogP contribution in [0.15, 0.2) is 60.0 Å². The average Bonchev–Trinajstić information content (AvgIpc) is 3.10. The van der Waals surface area contributed by atoms with Crippen molar-refractivity contribution >= 4 is 17.7 Å². The number of nitrogens with zero attached hydrogens (tertiary/aromatic N) is 2. The Kier molecular flexibility index (Phi) is 5.78. The van der Waals surface area contributed by atoms with Crippen LogP contribution in [-0.4, -0.2) is 21.2 Å². The molecule has 2 aromatic carbocycles. The number of thioether (sulfide) groups is 1.